The van der Waals surface area contributed by atoms with Crippen molar-refractivity contribution in [3.63, 3.8) is 0 Å². The summed E-state index contributed by atoms with van der Waals surface area (Å²) in [6, 6.07) is 20.3. The fourth-order valence-corrected chi connectivity index (χ4v) is 2.82. The van der Waals surface area contributed by atoms with E-state index in [1.165, 1.54) is 12.3 Å². The van der Waals surface area contributed by atoms with Crippen molar-refractivity contribution in [2.45, 2.75) is 26.2 Å². The number of pyridine rings is 1. The number of benzene rings is 2. The molecule has 0 spiro atoms. The molecule has 3 rings (SSSR count). The summed E-state index contributed by atoms with van der Waals surface area (Å²) >= 11 is 0. The number of urea groups is 1. The number of hydrogen-bond acceptors (Lipinski definition) is 6. The van der Waals surface area contributed by atoms with Crippen LogP contribution in [0.1, 0.15) is 28.5 Å². The highest BCUT2D eigenvalue weighted by atomic mass is 16.5. The molecular weight excluding hydrogens is 422 g/mol. The van der Waals surface area contributed by atoms with E-state index in [2.05, 4.69) is 15.6 Å². The lowest BCUT2D eigenvalue weighted by molar-refractivity contribution is 0.0986. The van der Waals surface area contributed by atoms with Crippen molar-refractivity contribution in [1.29, 1.82) is 0 Å². The Morgan fingerprint density at radius 2 is 1.48 bits per heavy atom. The van der Waals surface area contributed by atoms with E-state index in [9.17, 15) is 14.7 Å². The van der Waals surface area contributed by atoms with Gasteiger partial charge in [0, 0.05) is 12.6 Å². The first-order valence-electron chi connectivity index (χ1n) is 10.6. The number of carbonyl (C=O) groups excluding carboxylic acids is 2. The second-order valence-corrected chi connectivity index (χ2v) is 7.40. The topological polar surface area (TPSA) is 110 Å². The SMILES string of the molecule is C[C@H](O)CNC(=O)NCC(=O)c1cc(OCc2ccccc2)c(OCc2ccccc2)cn1. The van der Waals surface area contributed by atoms with E-state index < -0.39 is 12.1 Å². The quantitative estimate of drug-likeness (QED) is 0.388. The summed E-state index contributed by atoms with van der Waals surface area (Å²) in [5.41, 5.74) is 2.09. The molecule has 1 atom stereocenters. The Kier molecular flexibility index (Phi) is 8.79. The van der Waals surface area contributed by atoms with Gasteiger partial charge in [-0.3, -0.25) is 4.79 Å². The Labute approximate surface area is 192 Å². The van der Waals surface area contributed by atoms with Crippen molar-refractivity contribution in [2.24, 2.45) is 0 Å². The molecule has 3 aromatic rings. The molecule has 33 heavy (non-hydrogen) atoms. The summed E-state index contributed by atoms with van der Waals surface area (Å²) in [7, 11) is 0. The van der Waals surface area contributed by atoms with Gasteiger partial charge in [-0.15, -0.1) is 0 Å². The number of nitrogens with one attached hydrogen (secondary N) is 2. The van der Waals surface area contributed by atoms with Gasteiger partial charge in [0.2, 0.25) is 0 Å². The average Bonchev–Trinajstić information content (AvgIpc) is 2.85. The Hall–Kier alpha value is -3.91. The normalized spacial score (nSPS) is 11.3. The van der Waals surface area contributed by atoms with Crippen molar-refractivity contribution >= 4 is 11.8 Å². The zero-order valence-corrected chi connectivity index (χ0v) is 18.4. The number of carbonyl (C=O) groups is 2. The Morgan fingerprint density at radius 1 is 0.909 bits per heavy atom. The predicted octanol–water partition coefficient (Wildman–Crippen LogP) is 3.10. The van der Waals surface area contributed by atoms with E-state index in [-0.39, 0.29) is 24.6 Å². The predicted molar refractivity (Wildman–Crippen MR) is 123 cm³/mol. The molecule has 172 valence electrons. The van der Waals surface area contributed by atoms with Gasteiger partial charge >= 0.3 is 6.03 Å². The van der Waals surface area contributed by atoms with Gasteiger partial charge in [-0.1, -0.05) is 60.7 Å². The van der Waals surface area contributed by atoms with Crippen molar-refractivity contribution in [1.82, 2.24) is 15.6 Å². The number of amides is 2. The summed E-state index contributed by atoms with van der Waals surface area (Å²) in [6.45, 7) is 2.00. The van der Waals surface area contributed by atoms with Crippen LogP contribution in [0.15, 0.2) is 72.9 Å². The van der Waals surface area contributed by atoms with Gasteiger partial charge in [0.25, 0.3) is 0 Å². The van der Waals surface area contributed by atoms with Crippen LogP contribution in [0.4, 0.5) is 4.79 Å². The van der Waals surface area contributed by atoms with Crippen LogP contribution < -0.4 is 20.1 Å². The van der Waals surface area contributed by atoms with Gasteiger partial charge in [0.15, 0.2) is 17.3 Å². The number of rotatable bonds is 11. The first kappa shape index (κ1) is 23.7. The van der Waals surface area contributed by atoms with Gasteiger partial charge < -0.3 is 25.2 Å². The molecule has 0 bridgehead atoms. The third-order valence-electron chi connectivity index (χ3n) is 4.56. The second-order valence-electron chi connectivity index (χ2n) is 7.40. The van der Waals surface area contributed by atoms with Gasteiger partial charge in [0.1, 0.15) is 18.9 Å². The molecule has 8 nitrogen and oxygen atoms in total. The van der Waals surface area contributed by atoms with E-state index in [0.717, 1.165) is 11.1 Å². The summed E-state index contributed by atoms with van der Waals surface area (Å²) in [5.74, 6) is 0.405. The molecule has 0 saturated carbocycles. The van der Waals surface area contributed by atoms with E-state index >= 15 is 0 Å². The fourth-order valence-electron chi connectivity index (χ4n) is 2.82. The lowest BCUT2D eigenvalue weighted by atomic mass is 10.2. The summed E-state index contributed by atoms with van der Waals surface area (Å²) in [6.07, 6.45) is 0.769. The zero-order valence-electron chi connectivity index (χ0n) is 18.4. The molecule has 0 fully saturated rings. The number of aliphatic hydroxyl groups excluding tert-OH is 1. The molecule has 0 aliphatic heterocycles. The lowest BCUT2D eigenvalue weighted by Crippen LogP contribution is -2.41. The molecule has 0 aliphatic carbocycles. The third kappa shape index (κ3) is 7.93. The van der Waals surface area contributed by atoms with Crippen LogP contribution in [0.5, 0.6) is 11.5 Å². The highest BCUT2D eigenvalue weighted by molar-refractivity contribution is 5.98. The van der Waals surface area contributed by atoms with Crippen LogP contribution in [0, 0.1) is 0 Å². The summed E-state index contributed by atoms with van der Waals surface area (Å²) < 4.78 is 11.8. The monoisotopic (exact) mass is 449 g/mol. The maximum absolute atomic E-state index is 12.6. The van der Waals surface area contributed by atoms with Gasteiger partial charge in [-0.25, -0.2) is 9.78 Å². The van der Waals surface area contributed by atoms with Crippen LogP contribution in [0.2, 0.25) is 0 Å². The summed E-state index contributed by atoms with van der Waals surface area (Å²) in [5, 5.41) is 14.1. The van der Waals surface area contributed by atoms with Crippen LogP contribution >= 0.6 is 0 Å². The average molecular weight is 450 g/mol. The number of Topliss-reactive ketones (excluding diaryl/α,β-unsaturated/α-hetero) is 1. The molecule has 2 amide bonds. The van der Waals surface area contributed by atoms with E-state index in [4.69, 9.17) is 9.47 Å². The number of ether oxygens (including phenoxy) is 2. The standard InChI is InChI=1S/C25H27N3O5/c1-18(29)13-27-25(31)28-14-22(30)21-12-23(32-16-19-8-4-2-5-9-19)24(15-26-21)33-17-20-10-6-3-7-11-20/h2-12,15,18,29H,13-14,16-17H2,1H3,(H2,27,28,31)/t18-/m0/s1. The van der Waals surface area contributed by atoms with Crippen molar-refractivity contribution < 1.29 is 24.2 Å². The van der Waals surface area contributed by atoms with Gasteiger partial charge in [-0.2, -0.15) is 0 Å². The van der Waals surface area contributed by atoms with Crippen LogP contribution in [-0.4, -0.2) is 41.1 Å². The van der Waals surface area contributed by atoms with E-state index in [1.807, 2.05) is 60.7 Å². The highest BCUT2D eigenvalue weighted by Gasteiger charge is 2.15. The molecule has 2 aromatic carbocycles. The largest absolute Gasteiger partial charge is 0.485 e. The van der Waals surface area contributed by atoms with Crippen LogP contribution in [-0.2, 0) is 13.2 Å². The Morgan fingerprint density at radius 3 is 2.06 bits per heavy atom. The number of aliphatic hydroxyl groups is 1. The molecule has 1 heterocycles. The molecule has 0 radical (unpaired) electrons. The maximum atomic E-state index is 12.6. The number of nitrogens with zero attached hydrogens (tertiary/aromatic N) is 1. The van der Waals surface area contributed by atoms with Crippen LogP contribution in [0.25, 0.3) is 0 Å². The minimum absolute atomic E-state index is 0.0865. The molecule has 3 N–H and O–H groups in total. The van der Waals surface area contributed by atoms with Crippen molar-refractivity contribution in [3.05, 3.63) is 89.7 Å². The second kappa shape index (κ2) is 12.2. The maximum Gasteiger partial charge on any atom is 0.315 e. The molecule has 1 aromatic heterocycles. The molecule has 0 aliphatic rings. The minimum atomic E-state index is -0.680. The first-order chi connectivity index (χ1) is 16.0. The molecular formula is C25H27N3O5. The summed E-state index contributed by atoms with van der Waals surface area (Å²) in [4.78, 5) is 28.5. The number of aromatic nitrogens is 1. The third-order valence-corrected chi connectivity index (χ3v) is 4.56. The first-order valence-corrected chi connectivity index (χ1v) is 10.6. The van der Waals surface area contributed by atoms with Crippen LogP contribution in [0.3, 0.4) is 0 Å². The molecule has 8 heteroatoms. The Balaban J connectivity index is 1.69. The zero-order chi connectivity index (χ0) is 23.5. The minimum Gasteiger partial charge on any atom is -0.485 e. The molecule has 0 unspecified atom stereocenters. The molecule has 0 saturated heterocycles. The van der Waals surface area contributed by atoms with E-state index in [0.29, 0.717) is 24.7 Å². The smallest absolute Gasteiger partial charge is 0.315 e. The number of hydrogen-bond donors (Lipinski definition) is 3. The van der Waals surface area contributed by atoms with E-state index in [1.54, 1.807) is 6.92 Å². The highest BCUT2D eigenvalue weighted by Crippen LogP contribution is 2.29. The van der Waals surface area contributed by atoms with Gasteiger partial charge in [-0.05, 0) is 18.1 Å². The lowest BCUT2D eigenvalue weighted by Gasteiger charge is -2.14. The van der Waals surface area contributed by atoms with Crippen molar-refractivity contribution in [3.8, 4) is 11.5 Å². The number of ketones is 1. The Bertz CT molecular complexity index is 1040. The fraction of sp³-hybridized carbons (Fsp3) is 0.240. The van der Waals surface area contributed by atoms with Gasteiger partial charge in [0.05, 0.1) is 18.8 Å². The van der Waals surface area contributed by atoms with Crippen molar-refractivity contribution in [2.75, 3.05) is 13.1 Å².